The fourth-order valence-electron chi connectivity index (χ4n) is 1.09. The first kappa shape index (κ1) is 10.5. The van der Waals surface area contributed by atoms with Crippen LogP contribution >= 0.6 is 0 Å². The summed E-state index contributed by atoms with van der Waals surface area (Å²) in [4.78, 5) is 10.2. The van der Waals surface area contributed by atoms with Gasteiger partial charge in [-0.2, -0.15) is 0 Å². The van der Waals surface area contributed by atoms with Gasteiger partial charge >= 0.3 is 5.97 Å². The Hall–Kier alpha value is -1.58. The van der Waals surface area contributed by atoms with Gasteiger partial charge in [0.2, 0.25) is 0 Å². The lowest BCUT2D eigenvalue weighted by Crippen LogP contribution is -2.10. The Kier molecular flexibility index (Phi) is 3.45. The van der Waals surface area contributed by atoms with Crippen molar-refractivity contribution >= 4 is 5.97 Å². The molecule has 0 heterocycles. The second kappa shape index (κ2) is 4.60. The number of aryl methyl sites for hydroxylation is 1. The minimum Gasteiger partial charge on any atom is -0.482 e. The summed E-state index contributed by atoms with van der Waals surface area (Å²) in [5, 5.41) is 8.39. The summed E-state index contributed by atoms with van der Waals surface area (Å²) >= 11 is 0. The maximum absolute atomic E-state index is 12.8. The number of carboxylic acids is 1. The highest BCUT2D eigenvalue weighted by Gasteiger charge is 2.05. The van der Waals surface area contributed by atoms with Crippen LogP contribution in [0.1, 0.15) is 12.5 Å². The van der Waals surface area contributed by atoms with E-state index >= 15 is 0 Å². The van der Waals surface area contributed by atoms with E-state index in [4.69, 9.17) is 9.84 Å². The monoisotopic (exact) mass is 198 g/mol. The van der Waals surface area contributed by atoms with E-state index in [1.54, 1.807) is 6.07 Å². The standard InChI is InChI=1S/C10H11FO3/c1-2-7-3-4-8(11)5-9(7)14-6-10(12)13/h3-5H,2,6H2,1H3,(H,12,13). The van der Waals surface area contributed by atoms with Crippen molar-refractivity contribution in [1.82, 2.24) is 0 Å². The fourth-order valence-corrected chi connectivity index (χ4v) is 1.09. The van der Waals surface area contributed by atoms with E-state index in [1.807, 2.05) is 6.92 Å². The first-order chi connectivity index (χ1) is 6.63. The van der Waals surface area contributed by atoms with Crippen molar-refractivity contribution in [2.45, 2.75) is 13.3 Å². The van der Waals surface area contributed by atoms with Crippen molar-refractivity contribution < 1.29 is 19.0 Å². The summed E-state index contributed by atoms with van der Waals surface area (Å²) in [6.45, 7) is 1.44. The molecule has 3 nitrogen and oxygen atoms in total. The van der Waals surface area contributed by atoms with Gasteiger partial charge in [-0.05, 0) is 18.1 Å². The van der Waals surface area contributed by atoms with Crippen molar-refractivity contribution in [3.8, 4) is 5.75 Å². The van der Waals surface area contributed by atoms with Gasteiger partial charge < -0.3 is 9.84 Å². The summed E-state index contributed by atoms with van der Waals surface area (Å²) in [7, 11) is 0. The van der Waals surface area contributed by atoms with E-state index in [2.05, 4.69) is 0 Å². The van der Waals surface area contributed by atoms with Gasteiger partial charge in [0.1, 0.15) is 11.6 Å². The van der Waals surface area contributed by atoms with Gasteiger partial charge in [-0.3, -0.25) is 0 Å². The van der Waals surface area contributed by atoms with E-state index in [9.17, 15) is 9.18 Å². The summed E-state index contributed by atoms with van der Waals surface area (Å²) in [5.41, 5.74) is 0.799. The normalized spacial score (nSPS) is 9.86. The van der Waals surface area contributed by atoms with Crippen LogP contribution in [0.15, 0.2) is 18.2 Å². The highest BCUT2D eigenvalue weighted by Crippen LogP contribution is 2.20. The molecule has 1 aromatic rings. The molecule has 1 N–H and O–H groups in total. The van der Waals surface area contributed by atoms with Crippen molar-refractivity contribution in [1.29, 1.82) is 0 Å². The van der Waals surface area contributed by atoms with Crippen molar-refractivity contribution in [2.24, 2.45) is 0 Å². The lowest BCUT2D eigenvalue weighted by atomic mass is 10.1. The van der Waals surface area contributed by atoms with Crippen LogP contribution in [0.3, 0.4) is 0 Å². The summed E-state index contributed by atoms with van der Waals surface area (Å²) in [5.74, 6) is -1.20. The fraction of sp³-hybridized carbons (Fsp3) is 0.300. The Bertz CT molecular complexity index is 336. The third-order valence-electron chi connectivity index (χ3n) is 1.76. The Morgan fingerprint density at radius 3 is 2.86 bits per heavy atom. The minimum absolute atomic E-state index is 0.301. The number of carbonyl (C=O) groups is 1. The molecule has 0 bridgehead atoms. The molecule has 0 saturated carbocycles. The molecule has 0 radical (unpaired) electrons. The van der Waals surface area contributed by atoms with Gasteiger partial charge in [0, 0.05) is 6.07 Å². The predicted octanol–water partition coefficient (Wildman–Crippen LogP) is 1.85. The van der Waals surface area contributed by atoms with Crippen molar-refractivity contribution in [3.05, 3.63) is 29.6 Å². The average molecular weight is 198 g/mol. The molecule has 14 heavy (non-hydrogen) atoms. The summed E-state index contributed by atoms with van der Waals surface area (Å²) in [6, 6.07) is 4.11. The summed E-state index contributed by atoms with van der Waals surface area (Å²) in [6.07, 6.45) is 0.676. The molecule has 0 aliphatic rings. The Labute approximate surface area is 81.1 Å². The van der Waals surface area contributed by atoms with Crippen LogP contribution in [0.2, 0.25) is 0 Å². The Morgan fingerprint density at radius 1 is 1.57 bits per heavy atom. The molecule has 0 amide bonds. The topological polar surface area (TPSA) is 46.5 Å². The molecule has 0 fully saturated rings. The molecule has 1 rings (SSSR count). The molecule has 1 aromatic carbocycles. The molecule has 0 unspecified atom stereocenters. The van der Waals surface area contributed by atoms with E-state index in [0.29, 0.717) is 12.2 Å². The molecule has 0 aliphatic carbocycles. The zero-order valence-corrected chi connectivity index (χ0v) is 7.79. The molecule has 4 heteroatoms. The van der Waals surface area contributed by atoms with Crippen LogP contribution in [0.25, 0.3) is 0 Å². The lowest BCUT2D eigenvalue weighted by Gasteiger charge is -2.07. The lowest BCUT2D eigenvalue weighted by molar-refractivity contribution is -0.139. The molecular formula is C10H11FO3. The highest BCUT2D eigenvalue weighted by molar-refractivity contribution is 5.68. The van der Waals surface area contributed by atoms with Gasteiger partial charge in [0.15, 0.2) is 6.61 Å². The Morgan fingerprint density at radius 2 is 2.29 bits per heavy atom. The van der Waals surface area contributed by atoms with Crippen LogP contribution < -0.4 is 4.74 Å². The average Bonchev–Trinajstić information content (AvgIpc) is 2.15. The quantitative estimate of drug-likeness (QED) is 0.803. The van der Waals surface area contributed by atoms with E-state index < -0.39 is 18.4 Å². The second-order valence-electron chi connectivity index (χ2n) is 2.79. The molecule has 0 spiro atoms. The van der Waals surface area contributed by atoms with Crippen LogP contribution in [-0.4, -0.2) is 17.7 Å². The number of aliphatic carboxylic acids is 1. The zero-order valence-electron chi connectivity index (χ0n) is 7.79. The van der Waals surface area contributed by atoms with E-state index in [0.717, 1.165) is 5.56 Å². The van der Waals surface area contributed by atoms with E-state index in [1.165, 1.54) is 12.1 Å². The second-order valence-corrected chi connectivity index (χ2v) is 2.79. The number of rotatable bonds is 4. The smallest absolute Gasteiger partial charge is 0.341 e. The largest absolute Gasteiger partial charge is 0.482 e. The van der Waals surface area contributed by atoms with Gasteiger partial charge in [0.05, 0.1) is 0 Å². The van der Waals surface area contributed by atoms with Gasteiger partial charge in [-0.15, -0.1) is 0 Å². The number of ether oxygens (including phenoxy) is 1. The van der Waals surface area contributed by atoms with Crippen molar-refractivity contribution in [2.75, 3.05) is 6.61 Å². The first-order valence-corrected chi connectivity index (χ1v) is 4.26. The van der Waals surface area contributed by atoms with Crippen LogP contribution in [0.5, 0.6) is 5.75 Å². The highest BCUT2D eigenvalue weighted by atomic mass is 19.1. The molecule has 0 saturated heterocycles. The molecule has 0 aromatic heterocycles. The van der Waals surface area contributed by atoms with Crippen LogP contribution in [0.4, 0.5) is 4.39 Å². The molecule has 76 valence electrons. The number of halogens is 1. The minimum atomic E-state index is -1.07. The molecular weight excluding hydrogens is 187 g/mol. The van der Waals surface area contributed by atoms with E-state index in [-0.39, 0.29) is 0 Å². The molecule has 0 atom stereocenters. The third-order valence-corrected chi connectivity index (χ3v) is 1.76. The number of hydrogen-bond acceptors (Lipinski definition) is 2. The Balaban J connectivity index is 2.82. The third kappa shape index (κ3) is 2.73. The summed E-state index contributed by atoms with van der Waals surface area (Å²) < 4.78 is 17.7. The van der Waals surface area contributed by atoms with Gasteiger partial charge in [-0.1, -0.05) is 13.0 Å². The number of carboxylic acid groups (broad SMARTS) is 1. The SMILES string of the molecule is CCc1ccc(F)cc1OCC(=O)O. The zero-order chi connectivity index (χ0) is 10.6. The van der Waals surface area contributed by atoms with Gasteiger partial charge in [0.25, 0.3) is 0 Å². The first-order valence-electron chi connectivity index (χ1n) is 4.26. The van der Waals surface area contributed by atoms with Crippen molar-refractivity contribution in [3.63, 3.8) is 0 Å². The van der Waals surface area contributed by atoms with Crippen LogP contribution in [0, 0.1) is 5.82 Å². The molecule has 0 aliphatic heterocycles. The predicted molar refractivity (Wildman–Crippen MR) is 48.9 cm³/mol. The van der Waals surface area contributed by atoms with Gasteiger partial charge in [-0.25, -0.2) is 9.18 Å². The number of benzene rings is 1. The van der Waals surface area contributed by atoms with Crippen LogP contribution in [-0.2, 0) is 11.2 Å². The maximum atomic E-state index is 12.8. The number of hydrogen-bond donors (Lipinski definition) is 1. The maximum Gasteiger partial charge on any atom is 0.341 e.